The maximum atomic E-state index is 12.6. The number of hydrogen-bond acceptors (Lipinski definition) is 9. The monoisotopic (exact) mass is 760 g/mol. The first kappa shape index (κ1) is 50.0. The average molecular weight is 760 g/mol. The Morgan fingerprint density at radius 1 is 0.577 bits per heavy atom. The number of aliphatic carboxylic acids is 1. The molecule has 304 valence electrons. The summed E-state index contributed by atoms with van der Waals surface area (Å²) >= 11 is 0. The smallest absolute Gasteiger partial charge is 0.472 e. The lowest BCUT2D eigenvalue weighted by atomic mass is 10.1. The van der Waals surface area contributed by atoms with Crippen molar-refractivity contribution >= 4 is 25.7 Å². The topological polar surface area (TPSA) is 172 Å². The summed E-state index contributed by atoms with van der Waals surface area (Å²) < 4.78 is 32.6. The number of allylic oxidation sites excluding steroid dienone is 4. The zero-order valence-corrected chi connectivity index (χ0v) is 33.5. The third-order valence-corrected chi connectivity index (χ3v) is 9.62. The van der Waals surface area contributed by atoms with Gasteiger partial charge in [0.25, 0.3) is 0 Å². The Morgan fingerprint density at radius 3 is 1.40 bits per heavy atom. The van der Waals surface area contributed by atoms with Crippen LogP contribution in [0.3, 0.4) is 0 Å². The zero-order chi connectivity index (χ0) is 38.5. The Labute approximate surface area is 315 Å². The van der Waals surface area contributed by atoms with Crippen molar-refractivity contribution in [1.82, 2.24) is 0 Å². The van der Waals surface area contributed by atoms with E-state index in [4.69, 9.17) is 24.8 Å². The first-order valence-corrected chi connectivity index (χ1v) is 21.9. The molecule has 0 heterocycles. The maximum absolute atomic E-state index is 12.6. The predicted octanol–water partition coefficient (Wildman–Crippen LogP) is 10.3. The van der Waals surface area contributed by atoms with Gasteiger partial charge in [0.05, 0.1) is 13.2 Å². The van der Waals surface area contributed by atoms with Crippen LogP contribution in [0, 0.1) is 0 Å². The van der Waals surface area contributed by atoms with Crippen LogP contribution in [0.2, 0.25) is 0 Å². The molecule has 0 radical (unpaired) electrons. The quantitative estimate of drug-likeness (QED) is 0.0237. The number of phosphoric acid groups is 1. The molecule has 12 heteroatoms. The van der Waals surface area contributed by atoms with E-state index in [1.807, 2.05) is 0 Å². The van der Waals surface area contributed by atoms with Gasteiger partial charge in [-0.2, -0.15) is 0 Å². The molecule has 0 fully saturated rings. The minimum atomic E-state index is -4.71. The summed E-state index contributed by atoms with van der Waals surface area (Å²) in [7, 11) is -4.71. The zero-order valence-electron chi connectivity index (χ0n) is 32.7. The van der Waals surface area contributed by atoms with Gasteiger partial charge >= 0.3 is 25.7 Å². The molecule has 0 spiro atoms. The molecule has 0 aliphatic rings. The first-order valence-electron chi connectivity index (χ1n) is 20.4. The molecule has 52 heavy (non-hydrogen) atoms. The first-order chi connectivity index (χ1) is 25.1. The lowest BCUT2D eigenvalue weighted by molar-refractivity contribution is -0.161. The normalized spacial score (nSPS) is 14.1. The summed E-state index contributed by atoms with van der Waals surface area (Å²) in [5, 5.41) is 8.87. The second kappa shape index (κ2) is 36.0. The largest absolute Gasteiger partial charge is 0.480 e. The van der Waals surface area contributed by atoms with Crippen LogP contribution in [0.4, 0.5) is 0 Å². The van der Waals surface area contributed by atoms with E-state index in [1.54, 1.807) is 0 Å². The molecule has 0 amide bonds. The number of nitrogens with two attached hydrogens (primary N) is 1. The predicted molar refractivity (Wildman–Crippen MR) is 208 cm³/mol. The summed E-state index contributed by atoms with van der Waals surface area (Å²) in [6, 6.07) is -1.52. The van der Waals surface area contributed by atoms with Crippen molar-refractivity contribution in [1.29, 1.82) is 0 Å². The highest BCUT2D eigenvalue weighted by Crippen LogP contribution is 2.43. The Kier molecular flexibility index (Phi) is 34.6. The van der Waals surface area contributed by atoms with Crippen LogP contribution in [-0.4, -0.2) is 59.9 Å². The van der Waals surface area contributed by atoms with E-state index in [0.717, 1.165) is 70.6 Å². The molecular formula is C40H74NO10P. The van der Waals surface area contributed by atoms with Crippen molar-refractivity contribution < 1.29 is 47.5 Å². The number of rotatable bonds is 38. The van der Waals surface area contributed by atoms with Crippen molar-refractivity contribution in [2.24, 2.45) is 5.73 Å². The molecular weight excluding hydrogens is 685 g/mol. The molecule has 0 saturated heterocycles. The summed E-state index contributed by atoms with van der Waals surface area (Å²) in [4.78, 5) is 45.8. The standard InChI is InChI=1S/C40H74NO10P/c1-3-5-7-9-11-13-15-17-18-20-22-24-26-28-30-32-39(43)51-36(34-49-52(46,47)50-35-37(41)40(44)45)33-48-38(42)31-29-27-25-23-21-19-16-14-12-10-8-6-4-2/h13-16,36-37H,3-12,17-35,41H2,1-2H3,(H,44,45)(H,46,47). The molecule has 0 rings (SSSR count). The van der Waals surface area contributed by atoms with Crippen LogP contribution in [0.5, 0.6) is 0 Å². The summed E-state index contributed by atoms with van der Waals surface area (Å²) in [5.41, 5.74) is 5.32. The fraction of sp³-hybridized carbons (Fsp3) is 0.825. The van der Waals surface area contributed by atoms with Crippen LogP contribution >= 0.6 is 7.82 Å². The highest BCUT2D eigenvalue weighted by Gasteiger charge is 2.28. The number of carbonyl (C=O) groups is 3. The van der Waals surface area contributed by atoms with E-state index < -0.39 is 51.1 Å². The fourth-order valence-electron chi connectivity index (χ4n) is 5.41. The van der Waals surface area contributed by atoms with Crippen molar-refractivity contribution in [3.05, 3.63) is 24.3 Å². The number of carboxylic acids is 1. The molecule has 0 aliphatic carbocycles. The van der Waals surface area contributed by atoms with Gasteiger partial charge in [0, 0.05) is 12.8 Å². The van der Waals surface area contributed by atoms with Gasteiger partial charge in [0.2, 0.25) is 0 Å². The Balaban J connectivity index is 4.42. The second-order valence-electron chi connectivity index (χ2n) is 13.8. The summed E-state index contributed by atoms with van der Waals surface area (Å²) in [5.74, 6) is -2.39. The molecule has 4 N–H and O–H groups in total. The number of carboxylic acid groups (broad SMARTS) is 1. The number of unbranched alkanes of at least 4 members (excludes halogenated alkanes) is 20. The molecule has 0 aromatic carbocycles. The highest BCUT2D eigenvalue weighted by atomic mass is 31.2. The summed E-state index contributed by atoms with van der Waals surface area (Å²) in [6.07, 6.45) is 35.2. The molecule has 3 unspecified atom stereocenters. The average Bonchev–Trinajstić information content (AvgIpc) is 3.12. The molecule has 0 aromatic rings. The summed E-state index contributed by atoms with van der Waals surface area (Å²) in [6.45, 7) is 2.75. The van der Waals surface area contributed by atoms with Gasteiger partial charge in [0.15, 0.2) is 6.10 Å². The van der Waals surface area contributed by atoms with Gasteiger partial charge in [-0.25, -0.2) is 4.57 Å². The Morgan fingerprint density at radius 2 is 0.962 bits per heavy atom. The molecule has 0 bridgehead atoms. The lowest BCUT2D eigenvalue weighted by Gasteiger charge is -2.20. The van der Waals surface area contributed by atoms with Gasteiger partial charge in [0.1, 0.15) is 12.6 Å². The van der Waals surface area contributed by atoms with Gasteiger partial charge in [-0.05, 0) is 64.2 Å². The lowest BCUT2D eigenvalue weighted by Crippen LogP contribution is -2.34. The SMILES string of the molecule is CCCCCCC=CCCCCCCCCCC(=O)OC(COC(=O)CCCCCCCC=CCCCCCC)COP(=O)(O)OCC(N)C(=O)O. The van der Waals surface area contributed by atoms with E-state index >= 15 is 0 Å². The number of ether oxygens (including phenoxy) is 2. The highest BCUT2D eigenvalue weighted by molar-refractivity contribution is 7.47. The van der Waals surface area contributed by atoms with Gasteiger partial charge < -0.3 is 25.2 Å². The maximum Gasteiger partial charge on any atom is 0.472 e. The Bertz CT molecular complexity index is 989. The second-order valence-corrected chi connectivity index (χ2v) is 15.2. The van der Waals surface area contributed by atoms with E-state index in [-0.39, 0.29) is 19.4 Å². The van der Waals surface area contributed by atoms with Gasteiger partial charge in [-0.3, -0.25) is 23.4 Å². The van der Waals surface area contributed by atoms with Crippen LogP contribution < -0.4 is 5.73 Å². The fourth-order valence-corrected chi connectivity index (χ4v) is 6.18. The number of phosphoric ester groups is 1. The molecule has 3 atom stereocenters. The molecule has 11 nitrogen and oxygen atoms in total. The van der Waals surface area contributed by atoms with Crippen LogP contribution in [0.25, 0.3) is 0 Å². The van der Waals surface area contributed by atoms with E-state index in [1.165, 1.54) is 70.6 Å². The minimum absolute atomic E-state index is 0.156. The number of esters is 2. The van der Waals surface area contributed by atoms with Crippen LogP contribution in [0.1, 0.15) is 181 Å². The third-order valence-electron chi connectivity index (χ3n) is 8.67. The van der Waals surface area contributed by atoms with Crippen molar-refractivity contribution in [2.75, 3.05) is 19.8 Å². The van der Waals surface area contributed by atoms with Crippen molar-refractivity contribution in [3.8, 4) is 0 Å². The van der Waals surface area contributed by atoms with Gasteiger partial charge in [-0.15, -0.1) is 0 Å². The van der Waals surface area contributed by atoms with Crippen molar-refractivity contribution in [2.45, 2.75) is 193 Å². The van der Waals surface area contributed by atoms with Crippen molar-refractivity contribution in [3.63, 3.8) is 0 Å². The van der Waals surface area contributed by atoms with Gasteiger partial charge in [-0.1, -0.05) is 128 Å². The minimum Gasteiger partial charge on any atom is -0.480 e. The number of carbonyl (C=O) groups excluding carboxylic acids is 2. The van der Waals surface area contributed by atoms with E-state index in [2.05, 4.69) is 42.7 Å². The van der Waals surface area contributed by atoms with E-state index in [9.17, 15) is 23.8 Å². The molecule has 0 aliphatic heterocycles. The van der Waals surface area contributed by atoms with Crippen LogP contribution in [0.15, 0.2) is 24.3 Å². The van der Waals surface area contributed by atoms with Crippen LogP contribution in [-0.2, 0) is 37.5 Å². The third kappa shape index (κ3) is 35.0. The molecule has 0 saturated carbocycles. The number of hydrogen-bond donors (Lipinski definition) is 3. The van der Waals surface area contributed by atoms with E-state index in [0.29, 0.717) is 12.8 Å². The Hall–Kier alpha value is -2.04. The molecule has 0 aromatic heterocycles.